The van der Waals surface area contributed by atoms with Gasteiger partial charge in [-0.05, 0) is 33.1 Å². The number of hydrogen-bond acceptors (Lipinski definition) is 5. The Balaban J connectivity index is 3.94. The molecule has 16 heavy (non-hydrogen) atoms. The first-order valence-electron chi connectivity index (χ1n) is 5.29. The number of hydrogen-bond donors (Lipinski definition) is 1. The third-order valence-electron chi connectivity index (χ3n) is 2.10. The lowest BCUT2D eigenvalue weighted by molar-refractivity contribution is -0.154. The Hall–Kier alpha value is -1.23. The zero-order valence-electron chi connectivity index (χ0n) is 9.69. The minimum atomic E-state index is -1.28. The Bertz CT molecular complexity index is 245. The summed E-state index contributed by atoms with van der Waals surface area (Å²) in [5, 5.41) is 8.51. The van der Waals surface area contributed by atoms with Crippen molar-refractivity contribution in [3.05, 3.63) is 0 Å². The first-order valence-corrected chi connectivity index (χ1v) is 5.29. The number of Topliss-reactive ketones (excluding diaryl/α,β-unsaturated/α-hetero) is 2. The van der Waals surface area contributed by atoms with E-state index < -0.39 is 23.5 Å². The molecule has 0 aromatic rings. The first-order chi connectivity index (χ1) is 7.50. The largest absolute Gasteiger partial charge is 0.465 e. The SMILES string of the molecule is CC(=O)C(C(C)=O)C(=O)OCCCCCO. The van der Waals surface area contributed by atoms with Crippen molar-refractivity contribution in [2.24, 2.45) is 5.92 Å². The third kappa shape index (κ3) is 5.60. The second-order valence-electron chi connectivity index (χ2n) is 3.61. The minimum absolute atomic E-state index is 0.109. The number of aliphatic hydroxyl groups excluding tert-OH is 1. The highest BCUT2D eigenvalue weighted by Gasteiger charge is 2.29. The Morgan fingerprint density at radius 3 is 2.06 bits per heavy atom. The highest BCUT2D eigenvalue weighted by molar-refractivity contribution is 6.15. The fraction of sp³-hybridized carbons (Fsp3) is 0.727. The summed E-state index contributed by atoms with van der Waals surface area (Å²) in [5.74, 6) is -3.04. The molecule has 0 aromatic carbocycles. The molecule has 0 saturated heterocycles. The van der Waals surface area contributed by atoms with Gasteiger partial charge in [0.1, 0.15) is 0 Å². The number of esters is 1. The molecule has 0 atom stereocenters. The van der Waals surface area contributed by atoms with Crippen LogP contribution in [0.2, 0.25) is 0 Å². The maximum atomic E-state index is 11.3. The number of ketones is 2. The molecule has 0 spiro atoms. The Morgan fingerprint density at radius 2 is 1.62 bits per heavy atom. The van der Waals surface area contributed by atoms with Gasteiger partial charge in [0.05, 0.1) is 6.61 Å². The molecule has 0 aliphatic rings. The van der Waals surface area contributed by atoms with E-state index in [1.165, 1.54) is 13.8 Å². The molecule has 0 fully saturated rings. The van der Waals surface area contributed by atoms with Crippen LogP contribution in [0.1, 0.15) is 33.1 Å². The lowest BCUT2D eigenvalue weighted by Crippen LogP contribution is -2.30. The molecule has 0 aromatic heterocycles. The van der Waals surface area contributed by atoms with Crippen LogP contribution >= 0.6 is 0 Å². The van der Waals surface area contributed by atoms with Gasteiger partial charge in [-0.3, -0.25) is 14.4 Å². The zero-order valence-corrected chi connectivity index (χ0v) is 9.69. The molecule has 0 unspecified atom stereocenters. The fourth-order valence-corrected chi connectivity index (χ4v) is 1.26. The van der Waals surface area contributed by atoms with E-state index in [1.54, 1.807) is 0 Å². The van der Waals surface area contributed by atoms with Gasteiger partial charge in [-0.2, -0.15) is 0 Å². The normalized spacial score (nSPS) is 10.2. The monoisotopic (exact) mass is 230 g/mol. The molecule has 5 heteroatoms. The van der Waals surface area contributed by atoms with Crippen LogP contribution in [0.4, 0.5) is 0 Å². The van der Waals surface area contributed by atoms with E-state index in [-0.39, 0.29) is 13.2 Å². The van der Waals surface area contributed by atoms with Crippen LogP contribution in [0.3, 0.4) is 0 Å². The highest BCUT2D eigenvalue weighted by Crippen LogP contribution is 2.05. The summed E-state index contributed by atoms with van der Waals surface area (Å²) in [6.07, 6.45) is 2.02. The van der Waals surface area contributed by atoms with Gasteiger partial charge in [0.25, 0.3) is 0 Å². The molecule has 0 heterocycles. The Kier molecular flexibility index (Phi) is 7.37. The maximum Gasteiger partial charge on any atom is 0.324 e. The van der Waals surface area contributed by atoms with Gasteiger partial charge in [0.15, 0.2) is 17.5 Å². The highest BCUT2D eigenvalue weighted by atomic mass is 16.5. The standard InChI is InChI=1S/C11H18O5/c1-8(13)10(9(2)14)11(15)16-7-5-3-4-6-12/h10,12H,3-7H2,1-2H3. The number of rotatable bonds is 8. The van der Waals surface area contributed by atoms with E-state index in [4.69, 9.17) is 9.84 Å². The smallest absolute Gasteiger partial charge is 0.324 e. The van der Waals surface area contributed by atoms with Gasteiger partial charge in [0.2, 0.25) is 0 Å². The molecule has 0 aliphatic heterocycles. The van der Waals surface area contributed by atoms with Crippen molar-refractivity contribution in [1.82, 2.24) is 0 Å². The number of carbonyl (C=O) groups is 3. The van der Waals surface area contributed by atoms with Crippen molar-refractivity contribution in [3.8, 4) is 0 Å². The van der Waals surface area contributed by atoms with Gasteiger partial charge < -0.3 is 9.84 Å². The van der Waals surface area contributed by atoms with Gasteiger partial charge in [-0.1, -0.05) is 0 Å². The molecule has 0 aliphatic carbocycles. The van der Waals surface area contributed by atoms with E-state index in [2.05, 4.69) is 0 Å². The Labute approximate surface area is 94.8 Å². The average Bonchev–Trinajstić information content (AvgIpc) is 2.16. The average molecular weight is 230 g/mol. The molecule has 0 radical (unpaired) electrons. The van der Waals surface area contributed by atoms with Crippen LogP contribution in [-0.2, 0) is 19.1 Å². The third-order valence-corrected chi connectivity index (χ3v) is 2.10. The van der Waals surface area contributed by atoms with Crippen molar-refractivity contribution in [1.29, 1.82) is 0 Å². The van der Waals surface area contributed by atoms with Crippen molar-refractivity contribution in [2.45, 2.75) is 33.1 Å². The minimum Gasteiger partial charge on any atom is -0.465 e. The molecule has 0 rings (SSSR count). The van der Waals surface area contributed by atoms with Crippen LogP contribution in [-0.4, -0.2) is 35.9 Å². The topological polar surface area (TPSA) is 80.7 Å². The van der Waals surface area contributed by atoms with E-state index in [9.17, 15) is 14.4 Å². The lowest BCUT2D eigenvalue weighted by atomic mass is 10.0. The molecule has 92 valence electrons. The second-order valence-corrected chi connectivity index (χ2v) is 3.61. The summed E-state index contributed by atoms with van der Waals surface area (Å²) in [6.45, 7) is 2.67. The second kappa shape index (κ2) is 7.98. The van der Waals surface area contributed by atoms with E-state index in [0.29, 0.717) is 12.8 Å². The summed E-state index contributed by atoms with van der Waals surface area (Å²) in [6, 6.07) is 0. The van der Waals surface area contributed by atoms with Gasteiger partial charge in [-0.25, -0.2) is 0 Å². The molecule has 1 N–H and O–H groups in total. The van der Waals surface area contributed by atoms with Crippen molar-refractivity contribution >= 4 is 17.5 Å². The number of ether oxygens (including phenoxy) is 1. The maximum absolute atomic E-state index is 11.3. The van der Waals surface area contributed by atoms with Crippen molar-refractivity contribution < 1.29 is 24.2 Å². The Morgan fingerprint density at radius 1 is 1.06 bits per heavy atom. The lowest BCUT2D eigenvalue weighted by Gasteiger charge is -2.09. The summed E-state index contributed by atoms with van der Waals surface area (Å²) in [7, 11) is 0. The fourth-order valence-electron chi connectivity index (χ4n) is 1.26. The summed E-state index contributed by atoms with van der Waals surface area (Å²) in [5.41, 5.74) is 0. The zero-order chi connectivity index (χ0) is 12.6. The molecule has 0 amide bonds. The molecule has 5 nitrogen and oxygen atoms in total. The number of carbonyl (C=O) groups excluding carboxylic acids is 3. The summed E-state index contributed by atoms with van der Waals surface area (Å²) < 4.78 is 4.81. The van der Waals surface area contributed by atoms with Crippen LogP contribution < -0.4 is 0 Å². The molecule has 0 saturated carbocycles. The van der Waals surface area contributed by atoms with Crippen molar-refractivity contribution in [3.63, 3.8) is 0 Å². The van der Waals surface area contributed by atoms with Crippen LogP contribution in [0.5, 0.6) is 0 Å². The van der Waals surface area contributed by atoms with E-state index >= 15 is 0 Å². The van der Waals surface area contributed by atoms with E-state index in [0.717, 1.165) is 6.42 Å². The number of aliphatic hydroxyl groups is 1. The van der Waals surface area contributed by atoms with Gasteiger partial charge in [-0.15, -0.1) is 0 Å². The molecular weight excluding hydrogens is 212 g/mol. The molecular formula is C11H18O5. The first kappa shape index (κ1) is 14.8. The summed E-state index contributed by atoms with van der Waals surface area (Å²) >= 11 is 0. The quantitative estimate of drug-likeness (QED) is 0.373. The predicted octanol–water partition coefficient (Wildman–Crippen LogP) is 0.486. The molecule has 0 bridgehead atoms. The van der Waals surface area contributed by atoms with E-state index in [1.807, 2.05) is 0 Å². The van der Waals surface area contributed by atoms with Gasteiger partial charge in [0, 0.05) is 6.61 Å². The number of unbranched alkanes of at least 4 members (excludes halogenated alkanes) is 2. The van der Waals surface area contributed by atoms with Crippen LogP contribution in [0.15, 0.2) is 0 Å². The predicted molar refractivity (Wildman–Crippen MR) is 56.7 cm³/mol. The van der Waals surface area contributed by atoms with Gasteiger partial charge >= 0.3 is 5.97 Å². The van der Waals surface area contributed by atoms with Crippen LogP contribution in [0, 0.1) is 5.92 Å². The summed E-state index contributed by atoms with van der Waals surface area (Å²) in [4.78, 5) is 33.4. The van der Waals surface area contributed by atoms with Crippen molar-refractivity contribution in [2.75, 3.05) is 13.2 Å². The van der Waals surface area contributed by atoms with Crippen LogP contribution in [0.25, 0.3) is 0 Å².